The standard InChI is InChI=1S/C12H13NO3S/c1-7(12(15)16)8(2)13-11(14)9-5-3-4-6-10(9)17-13/h3-8H,1-2H3,(H,15,16). The summed E-state index contributed by atoms with van der Waals surface area (Å²) in [7, 11) is 0. The second kappa shape index (κ2) is 4.33. The maximum atomic E-state index is 12.1. The van der Waals surface area contributed by atoms with E-state index in [-0.39, 0.29) is 11.6 Å². The second-order valence-electron chi connectivity index (χ2n) is 4.09. The highest BCUT2D eigenvalue weighted by Gasteiger charge is 2.23. The Balaban J connectivity index is 2.53. The van der Waals surface area contributed by atoms with Crippen molar-refractivity contribution in [2.75, 3.05) is 0 Å². The Morgan fingerprint density at radius 3 is 2.59 bits per heavy atom. The van der Waals surface area contributed by atoms with Gasteiger partial charge in [0.2, 0.25) is 0 Å². The van der Waals surface area contributed by atoms with Crippen LogP contribution in [0.25, 0.3) is 10.1 Å². The van der Waals surface area contributed by atoms with Crippen LogP contribution >= 0.6 is 11.5 Å². The summed E-state index contributed by atoms with van der Waals surface area (Å²) >= 11 is 1.32. The molecule has 0 amide bonds. The molecule has 17 heavy (non-hydrogen) atoms. The average Bonchev–Trinajstić information content (AvgIpc) is 2.65. The van der Waals surface area contributed by atoms with Gasteiger partial charge in [-0.05, 0) is 26.0 Å². The van der Waals surface area contributed by atoms with Crippen molar-refractivity contribution < 1.29 is 9.90 Å². The van der Waals surface area contributed by atoms with E-state index >= 15 is 0 Å². The molecule has 0 saturated heterocycles. The molecule has 2 rings (SSSR count). The number of benzene rings is 1. The summed E-state index contributed by atoms with van der Waals surface area (Å²) in [6.45, 7) is 3.37. The molecule has 5 heteroatoms. The van der Waals surface area contributed by atoms with Gasteiger partial charge in [-0.25, -0.2) is 0 Å². The molecule has 90 valence electrons. The molecule has 0 saturated carbocycles. The van der Waals surface area contributed by atoms with E-state index in [0.29, 0.717) is 5.39 Å². The summed E-state index contributed by atoms with van der Waals surface area (Å²) in [6, 6.07) is 6.98. The zero-order valence-corrected chi connectivity index (χ0v) is 10.4. The average molecular weight is 251 g/mol. The maximum Gasteiger partial charge on any atom is 0.308 e. The monoisotopic (exact) mass is 251 g/mol. The van der Waals surface area contributed by atoms with Crippen LogP contribution in [0.2, 0.25) is 0 Å². The quantitative estimate of drug-likeness (QED) is 0.910. The van der Waals surface area contributed by atoms with Crippen molar-refractivity contribution in [2.45, 2.75) is 19.9 Å². The normalized spacial score (nSPS) is 14.7. The minimum Gasteiger partial charge on any atom is -0.481 e. The van der Waals surface area contributed by atoms with Gasteiger partial charge in [0.25, 0.3) is 5.56 Å². The highest BCUT2D eigenvalue weighted by Crippen LogP contribution is 2.23. The van der Waals surface area contributed by atoms with Gasteiger partial charge in [0.05, 0.1) is 22.0 Å². The van der Waals surface area contributed by atoms with Crippen molar-refractivity contribution in [1.29, 1.82) is 0 Å². The predicted molar refractivity (Wildman–Crippen MR) is 67.6 cm³/mol. The lowest BCUT2D eigenvalue weighted by Crippen LogP contribution is -2.26. The third-order valence-electron chi connectivity index (χ3n) is 3.00. The van der Waals surface area contributed by atoms with Crippen LogP contribution in [0, 0.1) is 5.92 Å². The van der Waals surface area contributed by atoms with Gasteiger partial charge in [0.15, 0.2) is 0 Å². The lowest BCUT2D eigenvalue weighted by Gasteiger charge is -2.15. The molecule has 0 radical (unpaired) electrons. The minimum absolute atomic E-state index is 0.105. The van der Waals surface area contributed by atoms with Gasteiger partial charge in [0, 0.05) is 0 Å². The molecule has 2 unspecified atom stereocenters. The summed E-state index contributed by atoms with van der Waals surface area (Å²) in [6.07, 6.45) is 0. The number of aliphatic carboxylic acids is 1. The van der Waals surface area contributed by atoms with Gasteiger partial charge in [-0.15, -0.1) is 0 Å². The molecule has 1 N–H and O–H groups in total. The van der Waals surface area contributed by atoms with Crippen molar-refractivity contribution in [2.24, 2.45) is 5.92 Å². The van der Waals surface area contributed by atoms with Crippen molar-refractivity contribution in [3.8, 4) is 0 Å². The van der Waals surface area contributed by atoms with E-state index in [4.69, 9.17) is 5.11 Å². The lowest BCUT2D eigenvalue weighted by atomic mass is 10.1. The van der Waals surface area contributed by atoms with Crippen molar-refractivity contribution >= 4 is 27.6 Å². The molecule has 1 aromatic carbocycles. The number of carbonyl (C=O) groups is 1. The summed E-state index contributed by atoms with van der Waals surface area (Å²) in [5.41, 5.74) is -0.105. The number of aromatic nitrogens is 1. The highest BCUT2D eigenvalue weighted by atomic mass is 32.1. The van der Waals surface area contributed by atoms with Gasteiger partial charge in [-0.1, -0.05) is 23.7 Å². The summed E-state index contributed by atoms with van der Waals surface area (Å²) in [5, 5.41) is 9.62. The van der Waals surface area contributed by atoms with E-state index in [1.807, 2.05) is 18.2 Å². The first-order valence-corrected chi connectivity index (χ1v) is 6.13. The third-order valence-corrected chi connectivity index (χ3v) is 4.25. The first-order chi connectivity index (χ1) is 8.02. The van der Waals surface area contributed by atoms with Gasteiger partial charge in [0.1, 0.15) is 0 Å². The molecular weight excluding hydrogens is 238 g/mol. The zero-order chi connectivity index (χ0) is 12.6. The Hall–Kier alpha value is -1.62. The fraction of sp³-hybridized carbons (Fsp3) is 0.333. The zero-order valence-electron chi connectivity index (χ0n) is 9.58. The second-order valence-corrected chi connectivity index (χ2v) is 5.10. The number of fused-ring (bicyclic) bond motifs is 1. The number of carboxylic acids is 1. The SMILES string of the molecule is CC(C(=O)O)C(C)n1sc2ccccc2c1=O. The molecule has 0 bridgehead atoms. The van der Waals surface area contributed by atoms with Crippen LogP contribution in [0.5, 0.6) is 0 Å². The van der Waals surface area contributed by atoms with Crippen LogP contribution in [0.3, 0.4) is 0 Å². The van der Waals surface area contributed by atoms with Gasteiger partial charge >= 0.3 is 5.97 Å². The molecule has 4 nitrogen and oxygen atoms in total. The fourth-order valence-corrected chi connectivity index (χ4v) is 2.80. The van der Waals surface area contributed by atoms with Crippen LogP contribution < -0.4 is 5.56 Å². The highest BCUT2D eigenvalue weighted by molar-refractivity contribution is 7.13. The van der Waals surface area contributed by atoms with Crippen molar-refractivity contribution in [1.82, 2.24) is 3.96 Å². The molecule has 0 aliphatic heterocycles. The van der Waals surface area contributed by atoms with Crippen LogP contribution in [-0.2, 0) is 4.79 Å². The topological polar surface area (TPSA) is 59.3 Å². The number of hydrogen-bond acceptors (Lipinski definition) is 3. The van der Waals surface area contributed by atoms with Crippen LogP contribution in [0.4, 0.5) is 0 Å². The van der Waals surface area contributed by atoms with E-state index in [1.54, 1.807) is 23.9 Å². The van der Waals surface area contributed by atoms with E-state index in [0.717, 1.165) is 4.70 Å². The molecule has 1 aromatic heterocycles. The first kappa shape index (κ1) is 11.9. The summed E-state index contributed by atoms with van der Waals surface area (Å²) < 4.78 is 2.44. The largest absolute Gasteiger partial charge is 0.481 e. The summed E-state index contributed by atoms with van der Waals surface area (Å²) in [4.78, 5) is 23.0. The minimum atomic E-state index is -0.887. The first-order valence-electron chi connectivity index (χ1n) is 5.35. The van der Waals surface area contributed by atoms with Crippen LogP contribution in [0.15, 0.2) is 29.1 Å². The van der Waals surface area contributed by atoms with E-state index < -0.39 is 11.9 Å². The Labute approximate surface area is 102 Å². The van der Waals surface area contributed by atoms with Gasteiger partial charge < -0.3 is 5.11 Å². The van der Waals surface area contributed by atoms with E-state index in [9.17, 15) is 9.59 Å². The Kier molecular flexibility index (Phi) is 3.02. The number of carboxylic acid groups (broad SMARTS) is 1. The number of nitrogens with zero attached hydrogens (tertiary/aromatic N) is 1. The molecule has 2 atom stereocenters. The Bertz CT molecular complexity index is 613. The smallest absolute Gasteiger partial charge is 0.308 e. The molecule has 0 aliphatic rings. The number of hydrogen-bond donors (Lipinski definition) is 1. The predicted octanol–water partition coefficient (Wildman–Crippen LogP) is 2.34. The van der Waals surface area contributed by atoms with E-state index in [2.05, 4.69) is 0 Å². The molecule has 0 fully saturated rings. The third kappa shape index (κ3) is 1.98. The molecule has 0 aliphatic carbocycles. The lowest BCUT2D eigenvalue weighted by molar-refractivity contribution is -0.142. The van der Waals surface area contributed by atoms with Crippen LogP contribution in [-0.4, -0.2) is 15.0 Å². The molecule has 0 spiro atoms. The summed E-state index contributed by atoms with van der Waals surface area (Å²) in [5.74, 6) is -1.47. The molecular formula is C12H13NO3S. The Morgan fingerprint density at radius 1 is 1.35 bits per heavy atom. The van der Waals surface area contributed by atoms with Crippen molar-refractivity contribution in [3.05, 3.63) is 34.6 Å². The van der Waals surface area contributed by atoms with Crippen molar-refractivity contribution in [3.63, 3.8) is 0 Å². The number of rotatable bonds is 3. The van der Waals surface area contributed by atoms with Crippen LogP contribution in [0.1, 0.15) is 19.9 Å². The van der Waals surface area contributed by atoms with Gasteiger partial charge in [-0.2, -0.15) is 0 Å². The van der Waals surface area contributed by atoms with Gasteiger partial charge in [-0.3, -0.25) is 13.5 Å². The maximum absolute atomic E-state index is 12.1. The molecule has 1 heterocycles. The van der Waals surface area contributed by atoms with E-state index in [1.165, 1.54) is 11.5 Å². The Morgan fingerprint density at radius 2 is 2.00 bits per heavy atom. The molecule has 2 aromatic rings. The fourth-order valence-electron chi connectivity index (χ4n) is 1.67.